The Labute approximate surface area is 97.2 Å². The highest BCUT2D eigenvalue weighted by molar-refractivity contribution is 5.91. The van der Waals surface area contributed by atoms with Gasteiger partial charge in [0.1, 0.15) is 0 Å². The lowest BCUT2D eigenvalue weighted by molar-refractivity contribution is 0.0945. The smallest absolute Gasteiger partial charge is 0.273 e. The zero-order chi connectivity index (χ0) is 12.1. The number of nitrogens with one attached hydrogen (secondary N) is 2. The van der Waals surface area contributed by atoms with Gasteiger partial charge in [0.2, 0.25) is 0 Å². The summed E-state index contributed by atoms with van der Waals surface area (Å²) in [6.45, 7) is 1.38. The molecule has 0 aliphatic carbocycles. The topological polar surface area (TPSA) is 115 Å². The van der Waals surface area contributed by atoms with Crippen molar-refractivity contribution in [3.05, 3.63) is 29.8 Å². The molecule has 2 aromatic heterocycles. The monoisotopic (exact) mass is 235 g/mol. The van der Waals surface area contributed by atoms with Crippen LogP contribution in [0.3, 0.4) is 0 Å². The van der Waals surface area contributed by atoms with Crippen molar-refractivity contribution in [1.29, 1.82) is 0 Å². The molecule has 2 heterocycles. The molecule has 90 valence electrons. The van der Waals surface area contributed by atoms with Gasteiger partial charge in [-0.25, -0.2) is 0 Å². The SMILES string of the molecule is NCCn1cc(C(=O)NCc2ccn[nH]2)nn1. The van der Waals surface area contributed by atoms with Crippen LogP contribution in [0.1, 0.15) is 16.2 Å². The fourth-order valence-electron chi connectivity index (χ4n) is 1.29. The molecule has 0 aromatic carbocycles. The molecular formula is C9H13N7O. The van der Waals surface area contributed by atoms with Crippen molar-refractivity contribution >= 4 is 5.91 Å². The normalized spacial score (nSPS) is 10.4. The van der Waals surface area contributed by atoms with Crippen molar-refractivity contribution < 1.29 is 4.79 Å². The van der Waals surface area contributed by atoms with Crippen molar-refractivity contribution in [2.24, 2.45) is 5.73 Å². The second-order valence-electron chi connectivity index (χ2n) is 3.42. The first-order chi connectivity index (χ1) is 8.29. The van der Waals surface area contributed by atoms with Gasteiger partial charge in [-0.05, 0) is 6.07 Å². The molecule has 0 spiro atoms. The number of aromatic nitrogens is 5. The minimum atomic E-state index is -0.275. The molecule has 4 N–H and O–H groups in total. The second kappa shape index (κ2) is 5.21. The molecule has 0 saturated heterocycles. The van der Waals surface area contributed by atoms with Crippen LogP contribution in [0.5, 0.6) is 0 Å². The number of carbonyl (C=O) groups excluding carboxylic acids is 1. The summed E-state index contributed by atoms with van der Waals surface area (Å²) >= 11 is 0. The maximum Gasteiger partial charge on any atom is 0.273 e. The number of H-pyrrole nitrogens is 1. The van der Waals surface area contributed by atoms with Crippen molar-refractivity contribution in [3.8, 4) is 0 Å². The van der Waals surface area contributed by atoms with Gasteiger partial charge in [0.05, 0.1) is 25.0 Å². The van der Waals surface area contributed by atoms with E-state index in [1.54, 1.807) is 18.5 Å². The van der Waals surface area contributed by atoms with E-state index in [2.05, 4.69) is 25.8 Å². The van der Waals surface area contributed by atoms with E-state index in [1.165, 1.54) is 4.68 Å². The van der Waals surface area contributed by atoms with Crippen LogP contribution in [0.15, 0.2) is 18.5 Å². The minimum Gasteiger partial charge on any atom is -0.345 e. The molecule has 0 aliphatic rings. The zero-order valence-corrected chi connectivity index (χ0v) is 9.13. The van der Waals surface area contributed by atoms with E-state index in [0.29, 0.717) is 19.6 Å². The lowest BCUT2D eigenvalue weighted by Crippen LogP contribution is -2.23. The van der Waals surface area contributed by atoms with Gasteiger partial charge in [0.15, 0.2) is 5.69 Å². The summed E-state index contributed by atoms with van der Waals surface area (Å²) in [5, 5.41) is 16.8. The van der Waals surface area contributed by atoms with Gasteiger partial charge in [0, 0.05) is 12.7 Å². The highest BCUT2D eigenvalue weighted by Crippen LogP contribution is 1.95. The lowest BCUT2D eigenvalue weighted by Gasteiger charge is -1.99. The Morgan fingerprint density at radius 3 is 3.18 bits per heavy atom. The van der Waals surface area contributed by atoms with E-state index in [1.807, 2.05) is 0 Å². The zero-order valence-electron chi connectivity index (χ0n) is 9.13. The first-order valence-corrected chi connectivity index (χ1v) is 5.16. The third kappa shape index (κ3) is 2.88. The molecule has 0 bridgehead atoms. The van der Waals surface area contributed by atoms with Crippen molar-refractivity contribution in [1.82, 2.24) is 30.5 Å². The van der Waals surface area contributed by atoms with E-state index in [4.69, 9.17) is 5.73 Å². The van der Waals surface area contributed by atoms with Gasteiger partial charge in [-0.1, -0.05) is 5.21 Å². The molecule has 0 atom stereocenters. The highest BCUT2D eigenvalue weighted by atomic mass is 16.2. The average molecular weight is 235 g/mol. The van der Waals surface area contributed by atoms with Crippen LogP contribution in [0.2, 0.25) is 0 Å². The minimum absolute atomic E-state index is 0.275. The van der Waals surface area contributed by atoms with Gasteiger partial charge in [-0.3, -0.25) is 14.6 Å². The first kappa shape index (κ1) is 11.3. The number of carbonyl (C=O) groups is 1. The summed E-state index contributed by atoms with van der Waals surface area (Å²) in [7, 11) is 0. The van der Waals surface area contributed by atoms with Crippen LogP contribution >= 0.6 is 0 Å². The Bertz CT molecular complexity index is 475. The summed E-state index contributed by atoms with van der Waals surface area (Å²) in [5.41, 5.74) is 6.47. The molecule has 8 nitrogen and oxygen atoms in total. The largest absolute Gasteiger partial charge is 0.345 e. The van der Waals surface area contributed by atoms with Crippen molar-refractivity contribution in [3.63, 3.8) is 0 Å². The van der Waals surface area contributed by atoms with E-state index in [9.17, 15) is 4.79 Å². The molecule has 17 heavy (non-hydrogen) atoms. The number of amides is 1. The molecular weight excluding hydrogens is 222 g/mol. The van der Waals surface area contributed by atoms with E-state index in [-0.39, 0.29) is 11.6 Å². The van der Waals surface area contributed by atoms with Crippen LogP contribution < -0.4 is 11.1 Å². The maximum absolute atomic E-state index is 11.7. The Hall–Kier alpha value is -2.22. The lowest BCUT2D eigenvalue weighted by atomic mass is 10.4. The Morgan fingerprint density at radius 1 is 1.59 bits per heavy atom. The molecule has 8 heteroatoms. The second-order valence-corrected chi connectivity index (χ2v) is 3.42. The molecule has 0 saturated carbocycles. The maximum atomic E-state index is 11.7. The van der Waals surface area contributed by atoms with Gasteiger partial charge >= 0.3 is 0 Å². The van der Waals surface area contributed by atoms with Crippen LogP contribution in [-0.4, -0.2) is 37.6 Å². The first-order valence-electron chi connectivity index (χ1n) is 5.16. The van der Waals surface area contributed by atoms with E-state index < -0.39 is 0 Å². The molecule has 2 rings (SSSR count). The Morgan fingerprint density at radius 2 is 2.47 bits per heavy atom. The van der Waals surface area contributed by atoms with Crippen molar-refractivity contribution in [2.45, 2.75) is 13.1 Å². The number of rotatable bonds is 5. The van der Waals surface area contributed by atoms with E-state index in [0.717, 1.165) is 5.69 Å². The third-order valence-electron chi connectivity index (χ3n) is 2.13. The third-order valence-corrected chi connectivity index (χ3v) is 2.13. The Kier molecular flexibility index (Phi) is 3.46. The summed E-state index contributed by atoms with van der Waals surface area (Å²) in [6, 6.07) is 1.78. The van der Waals surface area contributed by atoms with Crippen LogP contribution in [0.4, 0.5) is 0 Å². The molecule has 0 unspecified atom stereocenters. The summed E-state index contributed by atoms with van der Waals surface area (Å²) < 4.78 is 1.53. The van der Waals surface area contributed by atoms with Crippen molar-refractivity contribution in [2.75, 3.05) is 6.54 Å². The number of hydrogen-bond acceptors (Lipinski definition) is 5. The summed E-state index contributed by atoms with van der Waals surface area (Å²) in [4.78, 5) is 11.7. The molecule has 0 fully saturated rings. The predicted octanol–water partition coefficient (Wildman–Crippen LogP) is -1.11. The standard InChI is InChI=1S/C9H13N7O/c10-2-4-16-6-8(14-15-16)9(17)11-5-7-1-3-12-13-7/h1,3,6H,2,4-5,10H2,(H,11,17)(H,12,13). The average Bonchev–Trinajstić information content (AvgIpc) is 2.97. The van der Waals surface area contributed by atoms with Crippen LogP contribution in [0, 0.1) is 0 Å². The summed E-state index contributed by atoms with van der Waals surface area (Å²) in [5.74, 6) is -0.275. The number of aromatic amines is 1. The predicted molar refractivity (Wildman–Crippen MR) is 58.8 cm³/mol. The Balaban J connectivity index is 1.90. The van der Waals surface area contributed by atoms with Gasteiger partial charge in [0.25, 0.3) is 5.91 Å². The summed E-state index contributed by atoms with van der Waals surface area (Å²) in [6.07, 6.45) is 3.19. The molecule has 0 aliphatic heterocycles. The van der Waals surface area contributed by atoms with Gasteiger partial charge < -0.3 is 11.1 Å². The molecule has 2 aromatic rings. The molecule has 0 radical (unpaired) electrons. The number of nitrogens with zero attached hydrogens (tertiary/aromatic N) is 4. The van der Waals surface area contributed by atoms with E-state index >= 15 is 0 Å². The number of nitrogens with two attached hydrogens (primary N) is 1. The fourth-order valence-corrected chi connectivity index (χ4v) is 1.29. The highest BCUT2D eigenvalue weighted by Gasteiger charge is 2.10. The fraction of sp³-hybridized carbons (Fsp3) is 0.333. The number of hydrogen-bond donors (Lipinski definition) is 3. The molecule has 1 amide bonds. The van der Waals surface area contributed by atoms with Crippen LogP contribution in [-0.2, 0) is 13.1 Å². The quantitative estimate of drug-likeness (QED) is 0.608. The van der Waals surface area contributed by atoms with Gasteiger partial charge in [-0.15, -0.1) is 5.10 Å². The van der Waals surface area contributed by atoms with Crippen LogP contribution in [0.25, 0.3) is 0 Å². The van der Waals surface area contributed by atoms with Gasteiger partial charge in [-0.2, -0.15) is 5.10 Å².